The third-order valence-electron chi connectivity index (χ3n) is 2.72. The molecule has 0 spiro atoms. The number of nitro groups is 1. The van der Waals surface area contributed by atoms with Crippen LogP contribution in [0, 0.1) is 10.1 Å². The van der Waals surface area contributed by atoms with Crippen LogP contribution in [-0.4, -0.2) is 4.92 Å². The van der Waals surface area contributed by atoms with Crippen LogP contribution in [0.3, 0.4) is 0 Å². The summed E-state index contributed by atoms with van der Waals surface area (Å²) in [7, 11) is 0. The summed E-state index contributed by atoms with van der Waals surface area (Å²) in [5.41, 5.74) is 2.09. The molecule has 0 amide bonds. The molecule has 1 aromatic rings. The molecule has 0 radical (unpaired) electrons. The van der Waals surface area contributed by atoms with Crippen LogP contribution in [0.25, 0.3) is 0 Å². The number of nitro benzene ring substituents is 1. The summed E-state index contributed by atoms with van der Waals surface area (Å²) in [6.45, 7) is 3.60. The van der Waals surface area contributed by atoms with Gasteiger partial charge in [-0.25, -0.2) is 0 Å². The molecule has 1 fully saturated rings. The van der Waals surface area contributed by atoms with Crippen LogP contribution in [0.15, 0.2) is 30.9 Å². The Morgan fingerprint density at radius 3 is 2.80 bits per heavy atom. The summed E-state index contributed by atoms with van der Waals surface area (Å²) < 4.78 is 0. The smallest absolute Gasteiger partial charge is 0.258 e. The molecule has 0 bridgehead atoms. The van der Waals surface area contributed by atoms with E-state index in [1.165, 1.54) is 0 Å². The molecule has 3 heteroatoms. The standard InChI is InChI=1S/C12H13NO2/c1-2-3-10-6-7-11(9-4-5-9)8-12(10)13(14)15/h2,6-9H,1,3-5H2. The summed E-state index contributed by atoms with van der Waals surface area (Å²) >= 11 is 0. The molecular formula is C12H13NO2. The van der Waals surface area contributed by atoms with Gasteiger partial charge in [0.25, 0.3) is 5.69 Å². The van der Waals surface area contributed by atoms with Gasteiger partial charge in [0.2, 0.25) is 0 Å². The maximum Gasteiger partial charge on any atom is 0.273 e. The van der Waals surface area contributed by atoms with Crippen LogP contribution in [0.1, 0.15) is 29.9 Å². The third kappa shape index (κ3) is 2.06. The lowest BCUT2D eigenvalue weighted by Gasteiger charge is -2.02. The Hall–Kier alpha value is -1.64. The van der Waals surface area contributed by atoms with Crippen molar-refractivity contribution in [3.8, 4) is 0 Å². The summed E-state index contributed by atoms with van der Waals surface area (Å²) in [6.07, 6.45) is 4.58. The number of hydrogen-bond donors (Lipinski definition) is 0. The molecule has 78 valence electrons. The van der Waals surface area contributed by atoms with Crippen LogP contribution in [0.2, 0.25) is 0 Å². The molecule has 3 nitrogen and oxygen atoms in total. The second-order valence-electron chi connectivity index (χ2n) is 3.91. The minimum absolute atomic E-state index is 0.235. The molecule has 0 aliphatic heterocycles. The Bertz CT molecular complexity index is 408. The largest absolute Gasteiger partial charge is 0.273 e. The lowest BCUT2D eigenvalue weighted by Crippen LogP contribution is -1.96. The Kier molecular flexibility index (Phi) is 2.54. The molecule has 1 saturated carbocycles. The van der Waals surface area contributed by atoms with Gasteiger partial charge in [0, 0.05) is 11.6 Å². The highest BCUT2D eigenvalue weighted by Gasteiger charge is 2.26. The van der Waals surface area contributed by atoms with Crippen LogP contribution in [0.5, 0.6) is 0 Å². The minimum atomic E-state index is -0.301. The molecular weight excluding hydrogens is 190 g/mol. The lowest BCUT2D eigenvalue weighted by molar-refractivity contribution is -0.385. The van der Waals surface area contributed by atoms with Gasteiger partial charge in [0.1, 0.15) is 0 Å². The fraction of sp³-hybridized carbons (Fsp3) is 0.333. The van der Waals surface area contributed by atoms with Gasteiger partial charge >= 0.3 is 0 Å². The summed E-state index contributed by atoms with van der Waals surface area (Å²) in [5.74, 6) is 0.557. The first kappa shape index (κ1) is 9.90. The summed E-state index contributed by atoms with van der Waals surface area (Å²) in [5, 5.41) is 10.9. The van der Waals surface area contributed by atoms with Gasteiger partial charge < -0.3 is 0 Å². The van der Waals surface area contributed by atoms with Gasteiger partial charge in [-0.2, -0.15) is 0 Å². The van der Waals surface area contributed by atoms with Crippen molar-refractivity contribution in [2.75, 3.05) is 0 Å². The Labute approximate surface area is 88.6 Å². The molecule has 2 rings (SSSR count). The van der Waals surface area contributed by atoms with E-state index in [-0.39, 0.29) is 10.6 Å². The molecule has 0 unspecified atom stereocenters. The quantitative estimate of drug-likeness (QED) is 0.428. The van der Waals surface area contributed by atoms with Gasteiger partial charge in [-0.15, -0.1) is 6.58 Å². The Balaban J connectivity index is 2.38. The van der Waals surface area contributed by atoms with Crippen molar-refractivity contribution in [1.29, 1.82) is 0 Å². The van der Waals surface area contributed by atoms with E-state index >= 15 is 0 Å². The average molecular weight is 203 g/mol. The van der Waals surface area contributed by atoms with E-state index in [2.05, 4.69) is 6.58 Å². The van der Waals surface area contributed by atoms with Crippen LogP contribution < -0.4 is 0 Å². The van der Waals surface area contributed by atoms with Gasteiger partial charge in [-0.1, -0.05) is 18.2 Å². The van der Waals surface area contributed by atoms with E-state index < -0.39 is 0 Å². The number of nitrogens with zero attached hydrogens (tertiary/aromatic N) is 1. The van der Waals surface area contributed by atoms with Crippen molar-refractivity contribution >= 4 is 5.69 Å². The zero-order valence-corrected chi connectivity index (χ0v) is 8.48. The van der Waals surface area contributed by atoms with Gasteiger partial charge in [-0.05, 0) is 30.7 Å². The van der Waals surface area contributed by atoms with E-state index in [0.717, 1.165) is 24.0 Å². The normalized spacial score (nSPS) is 14.9. The zero-order chi connectivity index (χ0) is 10.8. The van der Waals surface area contributed by atoms with Crippen molar-refractivity contribution < 1.29 is 4.92 Å². The number of hydrogen-bond acceptors (Lipinski definition) is 2. The highest BCUT2D eigenvalue weighted by molar-refractivity contribution is 5.46. The summed E-state index contributed by atoms with van der Waals surface area (Å²) in [4.78, 5) is 10.6. The van der Waals surface area contributed by atoms with Crippen molar-refractivity contribution in [2.24, 2.45) is 0 Å². The van der Waals surface area contributed by atoms with E-state index in [1.807, 2.05) is 12.1 Å². The molecule has 0 saturated heterocycles. The second-order valence-corrected chi connectivity index (χ2v) is 3.91. The Morgan fingerprint density at radius 2 is 2.27 bits per heavy atom. The number of allylic oxidation sites excluding steroid dienone is 1. The molecule has 1 aliphatic carbocycles. The second kappa shape index (κ2) is 3.85. The van der Waals surface area contributed by atoms with Crippen LogP contribution in [0.4, 0.5) is 5.69 Å². The first-order chi connectivity index (χ1) is 7.22. The molecule has 0 atom stereocenters. The monoisotopic (exact) mass is 203 g/mol. The summed E-state index contributed by atoms with van der Waals surface area (Å²) in [6, 6.07) is 5.58. The first-order valence-electron chi connectivity index (χ1n) is 5.10. The minimum Gasteiger partial charge on any atom is -0.258 e. The molecule has 15 heavy (non-hydrogen) atoms. The predicted octanol–water partition coefficient (Wildman–Crippen LogP) is 3.20. The van der Waals surface area contributed by atoms with Crippen molar-refractivity contribution in [3.05, 3.63) is 52.1 Å². The van der Waals surface area contributed by atoms with E-state index in [1.54, 1.807) is 12.1 Å². The van der Waals surface area contributed by atoms with Crippen molar-refractivity contribution in [3.63, 3.8) is 0 Å². The van der Waals surface area contributed by atoms with Crippen molar-refractivity contribution in [1.82, 2.24) is 0 Å². The maximum atomic E-state index is 10.9. The van der Waals surface area contributed by atoms with Crippen LogP contribution in [-0.2, 0) is 6.42 Å². The van der Waals surface area contributed by atoms with Crippen molar-refractivity contribution in [2.45, 2.75) is 25.2 Å². The number of benzene rings is 1. The molecule has 0 heterocycles. The molecule has 1 aromatic carbocycles. The zero-order valence-electron chi connectivity index (χ0n) is 8.48. The van der Waals surface area contributed by atoms with Crippen LogP contribution >= 0.6 is 0 Å². The van der Waals surface area contributed by atoms with E-state index in [0.29, 0.717) is 12.3 Å². The fourth-order valence-electron chi connectivity index (χ4n) is 1.75. The first-order valence-corrected chi connectivity index (χ1v) is 5.10. The SMILES string of the molecule is C=CCc1ccc(C2CC2)cc1[N+](=O)[O-]. The van der Waals surface area contributed by atoms with Gasteiger partial charge in [0.05, 0.1) is 4.92 Å². The van der Waals surface area contributed by atoms with E-state index in [4.69, 9.17) is 0 Å². The lowest BCUT2D eigenvalue weighted by atomic mass is 10.0. The highest BCUT2D eigenvalue weighted by atomic mass is 16.6. The molecule has 0 aromatic heterocycles. The van der Waals surface area contributed by atoms with E-state index in [9.17, 15) is 10.1 Å². The molecule has 1 aliphatic rings. The van der Waals surface area contributed by atoms with Gasteiger partial charge in [-0.3, -0.25) is 10.1 Å². The number of rotatable bonds is 4. The van der Waals surface area contributed by atoms with Gasteiger partial charge in [0.15, 0.2) is 0 Å². The average Bonchev–Trinajstić information content (AvgIpc) is 3.02. The topological polar surface area (TPSA) is 43.1 Å². The third-order valence-corrected chi connectivity index (χ3v) is 2.72. The predicted molar refractivity (Wildman–Crippen MR) is 59.0 cm³/mol. The highest BCUT2D eigenvalue weighted by Crippen LogP contribution is 2.41. The molecule has 0 N–H and O–H groups in total. The Morgan fingerprint density at radius 1 is 1.53 bits per heavy atom. The maximum absolute atomic E-state index is 10.9. The fourth-order valence-corrected chi connectivity index (χ4v) is 1.75.